The summed E-state index contributed by atoms with van der Waals surface area (Å²) in [7, 11) is 0. The van der Waals surface area contributed by atoms with Gasteiger partial charge in [0, 0.05) is 25.2 Å². The minimum atomic E-state index is 0.260. The summed E-state index contributed by atoms with van der Waals surface area (Å²) in [5, 5.41) is 8.58. The molecule has 1 aliphatic heterocycles. The van der Waals surface area contributed by atoms with Gasteiger partial charge in [0.2, 0.25) is 5.91 Å². The van der Waals surface area contributed by atoms with Gasteiger partial charge in [0.25, 0.3) is 0 Å². The Bertz CT molecular complexity index is 713. The molecule has 2 fully saturated rings. The Kier molecular flexibility index (Phi) is 5.27. The Morgan fingerprint density at radius 1 is 0.962 bits per heavy atom. The van der Waals surface area contributed by atoms with E-state index >= 15 is 0 Å². The van der Waals surface area contributed by atoms with Crippen molar-refractivity contribution in [2.24, 2.45) is 5.92 Å². The van der Waals surface area contributed by atoms with Crippen LogP contribution < -0.4 is 0 Å². The Morgan fingerprint density at radius 2 is 1.73 bits per heavy atom. The normalized spacial score (nSPS) is 20.1. The predicted molar refractivity (Wildman–Crippen MR) is 99.3 cm³/mol. The van der Waals surface area contributed by atoms with Gasteiger partial charge in [-0.25, -0.2) is 4.68 Å². The zero-order chi connectivity index (χ0) is 17.8. The maximum atomic E-state index is 12.8. The minimum absolute atomic E-state index is 0.260. The number of likely N-dealkylation sites (tertiary alicyclic amines) is 1. The molecule has 1 saturated heterocycles. The Hall–Kier alpha value is -2.24. The summed E-state index contributed by atoms with van der Waals surface area (Å²) in [6.45, 7) is 1.66. The van der Waals surface area contributed by atoms with E-state index in [-0.39, 0.29) is 5.92 Å². The van der Waals surface area contributed by atoms with Gasteiger partial charge in [-0.2, -0.15) is 0 Å². The lowest BCUT2D eigenvalue weighted by atomic mass is 9.96. The van der Waals surface area contributed by atoms with Crippen LogP contribution in [0.15, 0.2) is 30.6 Å². The van der Waals surface area contributed by atoms with Gasteiger partial charge in [-0.3, -0.25) is 9.78 Å². The highest BCUT2D eigenvalue weighted by Crippen LogP contribution is 2.28. The fourth-order valence-corrected chi connectivity index (χ4v) is 4.22. The van der Waals surface area contributed by atoms with Crippen molar-refractivity contribution in [2.45, 2.75) is 57.4 Å². The van der Waals surface area contributed by atoms with E-state index < -0.39 is 0 Å². The van der Waals surface area contributed by atoms with E-state index in [0.29, 0.717) is 11.9 Å². The molecule has 6 heteroatoms. The van der Waals surface area contributed by atoms with E-state index in [1.165, 1.54) is 25.7 Å². The van der Waals surface area contributed by atoms with Gasteiger partial charge in [-0.1, -0.05) is 37.0 Å². The molecule has 138 valence electrons. The number of amides is 1. The fourth-order valence-electron chi connectivity index (χ4n) is 4.22. The van der Waals surface area contributed by atoms with Crippen LogP contribution in [0.2, 0.25) is 0 Å². The zero-order valence-corrected chi connectivity index (χ0v) is 15.3. The molecule has 1 saturated carbocycles. The Morgan fingerprint density at radius 3 is 2.42 bits per heavy atom. The first-order valence-corrected chi connectivity index (χ1v) is 9.93. The third kappa shape index (κ3) is 3.79. The van der Waals surface area contributed by atoms with Crippen LogP contribution in [0.5, 0.6) is 0 Å². The second-order valence-electron chi connectivity index (χ2n) is 7.54. The van der Waals surface area contributed by atoms with E-state index in [0.717, 1.165) is 50.2 Å². The van der Waals surface area contributed by atoms with Crippen molar-refractivity contribution >= 4 is 5.91 Å². The van der Waals surface area contributed by atoms with Crippen LogP contribution in [0.3, 0.4) is 0 Å². The molecule has 3 heterocycles. The second-order valence-corrected chi connectivity index (χ2v) is 7.54. The summed E-state index contributed by atoms with van der Waals surface area (Å²) in [6, 6.07) is 6.12. The predicted octanol–water partition coefficient (Wildman–Crippen LogP) is 3.47. The number of hydrogen-bond donors (Lipinski definition) is 0. The molecule has 1 amide bonds. The summed E-state index contributed by atoms with van der Waals surface area (Å²) >= 11 is 0. The number of carbonyl (C=O) groups is 1. The smallest absolute Gasteiger partial charge is 0.225 e. The van der Waals surface area contributed by atoms with E-state index in [1.807, 2.05) is 29.1 Å². The van der Waals surface area contributed by atoms with Gasteiger partial charge >= 0.3 is 0 Å². The molecule has 0 unspecified atom stereocenters. The standard InChI is InChI=1S/C20H27N5O/c26-20(16-7-3-1-2-4-8-16)24-13-10-17(11-14-24)25-15-19(22-23-25)18-9-5-6-12-21-18/h5-6,9,12,15-17H,1-4,7-8,10-11,13-14H2. The number of carbonyl (C=O) groups excluding carboxylic acids is 1. The lowest BCUT2D eigenvalue weighted by molar-refractivity contribution is -0.137. The van der Waals surface area contributed by atoms with Crippen molar-refractivity contribution < 1.29 is 4.79 Å². The molecule has 2 aromatic rings. The molecule has 0 bridgehead atoms. The molecular weight excluding hydrogens is 326 g/mol. The van der Waals surface area contributed by atoms with E-state index in [4.69, 9.17) is 0 Å². The maximum Gasteiger partial charge on any atom is 0.225 e. The molecule has 2 aromatic heterocycles. The molecule has 0 radical (unpaired) electrons. The average molecular weight is 353 g/mol. The van der Waals surface area contributed by atoms with Crippen molar-refractivity contribution in [3.05, 3.63) is 30.6 Å². The molecule has 2 aliphatic rings. The van der Waals surface area contributed by atoms with Crippen LogP contribution in [0.1, 0.15) is 57.4 Å². The SMILES string of the molecule is O=C(C1CCCCCC1)N1CCC(n2cc(-c3ccccn3)nn2)CC1. The van der Waals surface area contributed by atoms with Crippen molar-refractivity contribution in [1.29, 1.82) is 0 Å². The number of hydrogen-bond acceptors (Lipinski definition) is 4. The van der Waals surface area contributed by atoms with Gasteiger partial charge in [0.1, 0.15) is 5.69 Å². The molecule has 6 nitrogen and oxygen atoms in total. The molecule has 4 rings (SSSR count). The number of nitrogens with zero attached hydrogens (tertiary/aromatic N) is 5. The quantitative estimate of drug-likeness (QED) is 0.793. The third-order valence-corrected chi connectivity index (χ3v) is 5.79. The molecule has 26 heavy (non-hydrogen) atoms. The molecule has 0 N–H and O–H groups in total. The van der Waals surface area contributed by atoms with Gasteiger partial charge in [0.15, 0.2) is 0 Å². The van der Waals surface area contributed by atoms with Gasteiger partial charge in [-0.05, 0) is 37.8 Å². The second kappa shape index (κ2) is 7.98. The van der Waals surface area contributed by atoms with E-state index in [1.54, 1.807) is 6.20 Å². The summed E-state index contributed by atoms with van der Waals surface area (Å²) in [6.07, 6.45) is 12.8. The van der Waals surface area contributed by atoms with Crippen LogP contribution in [0.4, 0.5) is 0 Å². The largest absolute Gasteiger partial charge is 0.342 e. The summed E-state index contributed by atoms with van der Waals surface area (Å²) in [5.74, 6) is 0.647. The minimum Gasteiger partial charge on any atom is -0.342 e. The molecule has 0 atom stereocenters. The van der Waals surface area contributed by atoms with Crippen LogP contribution in [-0.2, 0) is 4.79 Å². The maximum absolute atomic E-state index is 12.8. The monoisotopic (exact) mass is 353 g/mol. The van der Waals surface area contributed by atoms with Gasteiger partial charge < -0.3 is 4.90 Å². The molecule has 0 spiro atoms. The van der Waals surface area contributed by atoms with Gasteiger partial charge in [0.05, 0.1) is 17.9 Å². The van der Waals surface area contributed by atoms with Crippen molar-refractivity contribution in [1.82, 2.24) is 24.9 Å². The van der Waals surface area contributed by atoms with Crippen molar-refractivity contribution in [3.63, 3.8) is 0 Å². The molecule has 0 aromatic carbocycles. The van der Waals surface area contributed by atoms with Crippen LogP contribution in [0.25, 0.3) is 11.4 Å². The molecular formula is C20H27N5O. The highest BCUT2D eigenvalue weighted by molar-refractivity contribution is 5.79. The Balaban J connectivity index is 1.35. The van der Waals surface area contributed by atoms with Crippen molar-refractivity contribution in [2.75, 3.05) is 13.1 Å². The summed E-state index contributed by atoms with van der Waals surface area (Å²) in [5.41, 5.74) is 1.65. The highest BCUT2D eigenvalue weighted by atomic mass is 16.2. The average Bonchev–Trinajstić information content (AvgIpc) is 3.04. The highest BCUT2D eigenvalue weighted by Gasteiger charge is 2.29. The lowest BCUT2D eigenvalue weighted by Gasteiger charge is -2.34. The summed E-state index contributed by atoms with van der Waals surface area (Å²) < 4.78 is 1.96. The first-order chi connectivity index (χ1) is 12.8. The molecule has 1 aliphatic carbocycles. The van der Waals surface area contributed by atoms with Crippen LogP contribution in [-0.4, -0.2) is 43.9 Å². The number of aromatic nitrogens is 4. The van der Waals surface area contributed by atoms with Crippen molar-refractivity contribution in [3.8, 4) is 11.4 Å². The van der Waals surface area contributed by atoms with Crippen LogP contribution >= 0.6 is 0 Å². The third-order valence-electron chi connectivity index (χ3n) is 5.79. The first-order valence-electron chi connectivity index (χ1n) is 9.93. The van der Waals surface area contributed by atoms with Gasteiger partial charge in [-0.15, -0.1) is 5.10 Å². The van der Waals surface area contributed by atoms with E-state index in [2.05, 4.69) is 20.2 Å². The zero-order valence-electron chi connectivity index (χ0n) is 15.3. The topological polar surface area (TPSA) is 63.9 Å². The first kappa shape index (κ1) is 17.2. The number of rotatable bonds is 3. The Labute approximate surface area is 154 Å². The van der Waals surface area contributed by atoms with Crippen LogP contribution in [0, 0.1) is 5.92 Å². The lowest BCUT2D eigenvalue weighted by Crippen LogP contribution is -2.42. The number of pyridine rings is 1. The fraction of sp³-hybridized carbons (Fsp3) is 0.600. The van der Waals surface area contributed by atoms with E-state index in [9.17, 15) is 4.79 Å². The number of piperidine rings is 1. The summed E-state index contributed by atoms with van der Waals surface area (Å²) in [4.78, 5) is 19.2.